The number of hydrogen-bond donors (Lipinski definition) is 1. The first-order chi connectivity index (χ1) is 12.8. The molecule has 140 valence electrons. The molecule has 1 aliphatic heterocycles. The summed E-state index contributed by atoms with van der Waals surface area (Å²) in [5, 5.41) is 3.25. The Balaban J connectivity index is 1.61. The van der Waals surface area contributed by atoms with Crippen LogP contribution in [-0.2, 0) is 4.79 Å². The molecule has 2 saturated carbocycles. The standard InChI is InChI=1S/C22H30N2O2/c25-21(23-16-10-6-7-11-16)20-18-14-8-9-15-19(18)22(26)24(20)17-12-4-2-1-3-5-13-17/h8-9,14-17,20H,1-7,10-13H2,(H,23,25)/t20-/m1/s1. The van der Waals surface area contributed by atoms with Crippen molar-refractivity contribution in [2.45, 2.75) is 88.8 Å². The highest BCUT2D eigenvalue weighted by atomic mass is 16.2. The number of hydrogen-bond acceptors (Lipinski definition) is 2. The third-order valence-corrected chi connectivity index (χ3v) is 6.42. The van der Waals surface area contributed by atoms with Crippen LogP contribution in [0.2, 0.25) is 0 Å². The molecule has 26 heavy (non-hydrogen) atoms. The van der Waals surface area contributed by atoms with Crippen LogP contribution in [0, 0.1) is 0 Å². The van der Waals surface area contributed by atoms with Crippen LogP contribution in [0.25, 0.3) is 0 Å². The normalized spacial score (nSPS) is 25.0. The molecule has 1 atom stereocenters. The molecule has 0 bridgehead atoms. The van der Waals surface area contributed by atoms with Crippen molar-refractivity contribution in [3.8, 4) is 0 Å². The van der Waals surface area contributed by atoms with Crippen LogP contribution >= 0.6 is 0 Å². The summed E-state index contributed by atoms with van der Waals surface area (Å²) in [7, 11) is 0. The Morgan fingerprint density at radius 1 is 0.885 bits per heavy atom. The van der Waals surface area contributed by atoms with E-state index in [1.807, 2.05) is 29.2 Å². The lowest BCUT2D eigenvalue weighted by Gasteiger charge is -2.34. The first kappa shape index (κ1) is 17.6. The summed E-state index contributed by atoms with van der Waals surface area (Å²) in [6.45, 7) is 0. The van der Waals surface area contributed by atoms with Crippen LogP contribution in [0.1, 0.15) is 92.6 Å². The van der Waals surface area contributed by atoms with Gasteiger partial charge in [-0.1, -0.05) is 63.1 Å². The molecule has 4 nitrogen and oxygen atoms in total. The molecule has 4 rings (SSSR count). The largest absolute Gasteiger partial charge is 0.351 e. The fraction of sp³-hybridized carbons (Fsp3) is 0.636. The van der Waals surface area contributed by atoms with Crippen molar-refractivity contribution in [3.05, 3.63) is 35.4 Å². The minimum absolute atomic E-state index is 0.0252. The average molecular weight is 354 g/mol. The number of benzene rings is 1. The van der Waals surface area contributed by atoms with Crippen molar-refractivity contribution in [1.29, 1.82) is 0 Å². The van der Waals surface area contributed by atoms with Crippen LogP contribution in [0.15, 0.2) is 24.3 Å². The predicted octanol–water partition coefficient (Wildman–Crippen LogP) is 4.36. The van der Waals surface area contributed by atoms with Crippen molar-refractivity contribution >= 4 is 11.8 Å². The molecule has 0 radical (unpaired) electrons. The second kappa shape index (κ2) is 7.81. The van der Waals surface area contributed by atoms with Crippen LogP contribution in [0.5, 0.6) is 0 Å². The Kier molecular flexibility index (Phi) is 5.28. The van der Waals surface area contributed by atoms with E-state index in [0.717, 1.165) is 49.7 Å². The summed E-state index contributed by atoms with van der Waals surface area (Å²) in [6.07, 6.45) is 12.6. The minimum atomic E-state index is -0.441. The maximum Gasteiger partial charge on any atom is 0.255 e. The quantitative estimate of drug-likeness (QED) is 0.877. The predicted molar refractivity (Wildman–Crippen MR) is 102 cm³/mol. The summed E-state index contributed by atoms with van der Waals surface area (Å²) in [6, 6.07) is 7.74. The smallest absolute Gasteiger partial charge is 0.255 e. The number of carbonyl (C=O) groups excluding carboxylic acids is 2. The maximum atomic E-state index is 13.2. The molecule has 1 N–H and O–H groups in total. The first-order valence-corrected chi connectivity index (χ1v) is 10.5. The van der Waals surface area contributed by atoms with Gasteiger partial charge in [0.1, 0.15) is 6.04 Å². The van der Waals surface area contributed by atoms with E-state index >= 15 is 0 Å². The topological polar surface area (TPSA) is 49.4 Å². The Hall–Kier alpha value is -1.84. The first-order valence-electron chi connectivity index (χ1n) is 10.5. The Labute approximate surface area is 156 Å². The number of rotatable bonds is 3. The van der Waals surface area contributed by atoms with Gasteiger partial charge in [0.05, 0.1) is 0 Å². The van der Waals surface area contributed by atoms with E-state index in [1.165, 1.54) is 32.1 Å². The van der Waals surface area contributed by atoms with Gasteiger partial charge >= 0.3 is 0 Å². The highest BCUT2D eigenvalue weighted by molar-refractivity contribution is 6.04. The van der Waals surface area contributed by atoms with Crippen molar-refractivity contribution < 1.29 is 9.59 Å². The van der Waals surface area contributed by atoms with Gasteiger partial charge in [0, 0.05) is 17.6 Å². The lowest BCUT2D eigenvalue weighted by Crippen LogP contribution is -2.46. The van der Waals surface area contributed by atoms with E-state index in [9.17, 15) is 9.59 Å². The van der Waals surface area contributed by atoms with Gasteiger partial charge in [0.2, 0.25) is 5.91 Å². The number of nitrogens with zero attached hydrogens (tertiary/aromatic N) is 1. The van der Waals surface area contributed by atoms with E-state index in [0.29, 0.717) is 0 Å². The highest BCUT2D eigenvalue weighted by Gasteiger charge is 2.44. The molecule has 1 aromatic rings. The number of amides is 2. The zero-order valence-electron chi connectivity index (χ0n) is 15.6. The Bertz CT molecular complexity index is 658. The summed E-state index contributed by atoms with van der Waals surface area (Å²) < 4.78 is 0. The minimum Gasteiger partial charge on any atom is -0.351 e. The monoisotopic (exact) mass is 354 g/mol. The summed E-state index contributed by atoms with van der Waals surface area (Å²) in [5.41, 5.74) is 1.62. The third-order valence-electron chi connectivity index (χ3n) is 6.42. The van der Waals surface area contributed by atoms with E-state index in [-0.39, 0.29) is 23.9 Å². The van der Waals surface area contributed by atoms with Crippen molar-refractivity contribution in [3.63, 3.8) is 0 Å². The molecular formula is C22H30N2O2. The van der Waals surface area contributed by atoms with E-state index in [4.69, 9.17) is 0 Å². The SMILES string of the molecule is O=C(NC1CCCC1)[C@H]1c2ccccc2C(=O)N1C1CCCCCCC1. The lowest BCUT2D eigenvalue weighted by molar-refractivity contribution is -0.127. The molecule has 0 saturated heterocycles. The van der Waals surface area contributed by atoms with Gasteiger partial charge in [0.15, 0.2) is 0 Å². The van der Waals surface area contributed by atoms with E-state index in [2.05, 4.69) is 5.32 Å². The van der Waals surface area contributed by atoms with Gasteiger partial charge in [-0.3, -0.25) is 9.59 Å². The lowest BCUT2D eigenvalue weighted by atomic mass is 9.94. The van der Waals surface area contributed by atoms with E-state index in [1.54, 1.807) is 0 Å². The van der Waals surface area contributed by atoms with Gasteiger partial charge in [-0.15, -0.1) is 0 Å². The molecule has 2 aliphatic carbocycles. The van der Waals surface area contributed by atoms with Crippen LogP contribution in [0.4, 0.5) is 0 Å². The van der Waals surface area contributed by atoms with Crippen LogP contribution < -0.4 is 5.32 Å². The second-order valence-electron chi connectivity index (χ2n) is 8.19. The highest BCUT2D eigenvalue weighted by Crippen LogP contribution is 2.38. The van der Waals surface area contributed by atoms with Crippen LogP contribution in [0.3, 0.4) is 0 Å². The van der Waals surface area contributed by atoms with Gasteiger partial charge in [-0.05, 0) is 37.3 Å². The fourth-order valence-electron chi connectivity index (χ4n) is 5.04. The summed E-state index contributed by atoms with van der Waals surface area (Å²) in [4.78, 5) is 28.3. The molecule has 2 amide bonds. The van der Waals surface area contributed by atoms with Crippen molar-refractivity contribution in [2.75, 3.05) is 0 Å². The van der Waals surface area contributed by atoms with Gasteiger partial charge in [0.25, 0.3) is 5.91 Å². The molecule has 4 heteroatoms. The zero-order chi connectivity index (χ0) is 17.9. The summed E-state index contributed by atoms with van der Waals surface area (Å²) >= 11 is 0. The molecule has 3 aliphatic rings. The number of nitrogens with one attached hydrogen (secondary N) is 1. The van der Waals surface area contributed by atoms with Gasteiger partial charge < -0.3 is 10.2 Å². The van der Waals surface area contributed by atoms with Crippen LogP contribution in [-0.4, -0.2) is 28.8 Å². The van der Waals surface area contributed by atoms with Gasteiger partial charge in [-0.2, -0.15) is 0 Å². The van der Waals surface area contributed by atoms with Crippen molar-refractivity contribution in [1.82, 2.24) is 10.2 Å². The molecule has 1 heterocycles. The van der Waals surface area contributed by atoms with Crippen molar-refractivity contribution in [2.24, 2.45) is 0 Å². The van der Waals surface area contributed by atoms with Gasteiger partial charge in [-0.25, -0.2) is 0 Å². The number of fused-ring (bicyclic) bond motifs is 1. The molecule has 0 unspecified atom stereocenters. The molecule has 1 aromatic carbocycles. The summed E-state index contributed by atoms with van der Waals surface area (Å²) in [5.74, 6) is 0.0787. The fourth-order valence-corrected chi connectivity index (χ4v) is 5.04. The molecule has 0 aromatic heterocycles. The molecular weight excluding hydrogens is 324 g/mol. The second-order valence-corrected chi connectivity index (χ2v) is 8.19. The zero-order valence-corrected chi connectivity index (χ0v) is 15.6. The average Bonchev–Trinajstić information content (AvgIpc) is 3.22. The van der Waals surface area contributed by atoms with E-state index < -0.39 is 6.04 Å². The molecule has 2 fully saturated rings. The number of carbonyl (C=O) groups is 2. The molecule has 0 spiro atoms. The third kappa shape index (κ3) is 3.38. The Morgan fingerprint density at radius 2 is 1.50 bits per heavy atom. The maximum absolute atomic E-state index is 13.2. The Morgan fingerprint density at radius 3 is 2.23 bits per heavy atom.